The van der Waals surface area contributed by atoms with Gasteiger partial charge < -0.3 is 9.84 Å². The minimum atomic E-state index is -0.925. The molecule has 184 valence electrons. The van der Waals surface area contributed by atoms with Crippen molar-refractivity contribution < 1.29 is 23.8 Å². The second-order valence-corrected chi connectivity index (χ2v) is 8.96. The lowest BCUT2D eigenvalue weighted by Gasteiger charge is -2.26. The largest absolute Gasteiger partial charge is 0.507 e. The zero-order valence-corrected chi connectivity index (χ0v) is 20.3. The van der Waals surface area contributed by atoms with Crippen LogP contribution in [0.2, 0.25) is 0 Å². The average molecular weight is 494 g/mol. The maximum absolute atomic E-state index is 13.9. The number of aliphatic hydroxyl groups excluding tert-OH is 1. The van der Waals surface area contributed by atoms with Crippen LogP contribution in [0, 0.1) is 19.7 Å². The van der Waals surface area contributed by atoms with E-state index in [0.717, 1.165) is 5.56 Å². The van der Waals surface area contributed by atoms with Gasteiger partial charge in [-0.05, 0) is 85.1 Å². The lowest BCUT2D eigenvalue weighted by Crippen LogP contribution is -2.29. The van der Waals surface area contributed by atoms with Crippen molar-refractivity contribution in [3.05, 3.63) is 131 Å². The topological polar surface area (TPSA) is 66.8 Å². The second kappa shape index (κ2) is 9.74. The molecule has 4 aromatic rings. The van der Waals surface area contributed by atoms with Gasteiger partial charge in [-0.2, -0.15) is 0 Å². The van der Waals surface area contributed by atoms with Crippen LogP contribution in [0.5, 0.6) is 11.5 Å². The first-order valence-electron chi connectivity index (χ1n) is 11.8. The lowest BCUT2D eigenvalue weighted by atomic mass is 9.94. The summed E-state index contributed by atoms with van der Waals surface area (Å²) in [6, 6.07) is 26.7. The summed E-state index contributed by atoms with van der Waals surface area (Å²) in [5.74, 6) is -1.23. The molecule has 1 atom stereocenters. The predicted molar refractivity (Wildman–Crippen MR) is 140 cm³/mol. The highest BCUT2D eigenvalue weighted by atomic mass is 19.1. The summed E-state index contributed by atoms with van der Waals surface area (Å²) in [6.45, 7) is 3.46. The number of rotatable bonds is 5. The first kappa shape index (κ1) is 24.0. The fraction of sp³-hybridized carbons (Fsp3) is 0.0968. The minimum absolute atomic E-state index is 0.0747. The molecule has 37 heavy (non-hydrogen) atoms. The van der Waals surface area contributed by atoms with Crippen LogP contribution < -0.4 is 9.64 Å². The maximum Gasteiger partial charge on any atom is 0.300 e. The number of carbonyl (C=O) groups is 2. The molecule has 1 saturated heterocycles. The molecule has 1 aliphatic rings. The number of amides is 1. The van der Waals surface area contributed by atoms with Gasteiger partial charge in [0.2, 0.25) is 0 Å². The predicted octanol–water partition coefficient (Wildman–Crippen LogP) is 6.86. The van der Waals surface area contributed by atoms with Crippen LogP contribution in [0.3, 0.4) is 0 Å². The maximum atomic E-state index is 13.9. The molecule has 0 saturated carbocycles. The zero-order chi connectivity index (χ0) is 26.1. The number of para-hydroxylation sites is 1. The molecule has 4 aromatic carbocycles. The standard InChI is InChI=1S/C31H24FNO4/c1-19-8-6-10-23(16-19)33-28(21-9-7-13-25(18-21)37-24-11-4-3-5-12-24)27(30(35)31(33)36)29(34)22-14-15-26(32)20(2)17-22/h3-18,28,34H,1-2H3/b29-27-. The van der Waals surface area contributed by atoms with Crippen molar-refractivity contribution >= 4 is 23.1 Å². The number of carbonyl (C=O) groups excluding carboxylic acids is 2. The highest BCUT2D eigenvalue weighted by molar-refractivity contribution is 6.51. The summed E-state index contributed by atoms with van der Waals surface area (Å²) in [5.41, 5.74) is 2.50. The molecular formula is C31H24FNO4. The fourth-order valence-electron chi connectivity index (χ4n) is 4.51. The van der Waals surface area contributed by atoms with Crippen molar-refractivity contribution in [1.82, 2.24) is 0 Å². The molecule has 1 fully saturated rings. The lowest BCUT2D eigenvalue weighted by molar-refractivity contribution is -0.132. The third-order valence-corrected chi connectivity index (χ3v) is 6.31. The van der Waals surface area contributed by atoms with Gasteiger partial charge in [-0.15, -0.1) is 0 Å². The monoisotopic (exact) mass is 493 g/mol. The normalized spacial score (nSPS) is 16.7. The number of nitrogens with zero attached hydrogens (tertiary/aromatic N) is 1. The minimum Gasteiger partial charge on any atom is -0.507 e. The van der Waals surface area contributed by atoms with E-state index in [4.69, 9.17) is 4.74 Å². The average Bonchev–Trinajstić information content (AvgIpc) is 3.16. The molecule has 0 aromatic heterocycles. The number of Topliss-reactive ketones (excluding diaryl/α,β-unsaturated/α-hetero) is 1. The Morgan fingerprint density at radius 3 is 2.30 bits per heavy atom. The molecule has 0 aliphatic carbocycles. The molecule has 1 aliphatic heterocycles. The molecule has 5 nitrogen and oxygen atoms in total. The highest BCUT2D eigenvalue weighted by Gasteiger charge is 2.47. The molecule has 5 rings (SSSR count). The van der Waals surface area contributed by atoms with Crippen LogP contribution in [0.25, 0.3) is 5.76 Å². The van der Waals surface area contributed by atoms with Crippen molar-refractivity contribution in [3.8, 4) is 11.5 Å². The summed E-state index contributed by atoms with van der Waals surface area (Å²) >= 11 is 0. The molecule has 1 unspecified atom stereocenters. The molecule has 1 amide bonds. The molecule has 1 N–H and O–H groups in total. The zero-order valence-electron chi connectivity index (χ0n) is 20.3. The molecule has 0 bridgehead atoms. The number of benzene rings is 4. The fourth-order valence-corrected chi connectivity index (χ4v) is 4.51. The van der Waals surface area contributed by atoms with Crippen LogP contribution in [0.1, 0.15) is 28.3 Å². The van der Waals surface area contributed by atoms with Crippen molar-refractivity contribution in [2.45, 2.75) is 19.9 Å². The van der Waals surface area contributed by atoms with E-state index in [2.05, 4.69) is 0 Å². The smallest absolute Gasteiger partial charge is 0.300 e. The van der Waals surface area contributed by atoms with Crippen molar-refractivity contribution in [2.24, 2.45) is 0 Å². The van der Waals surface area contributed by atoms with E-state index in [0.29, 0.717) is 28.3 Å². The first-order valence-corrected chi connectivity index (χ1v) is 11.8. The third-order valence-electron chi connectivity index (χ3n) is 6.31. The van der Waals surface area contributed by atoms with E-state index in [-0.39, 0.29) is 16.9 Å². The molecule has 0 spiro atoms. The van der Waals surface area contributed by atoms with Gasteiger partial charge in [-0.3, -0.25) is 14.5 Å². The molecule has 1 heterocycles. The molecular weight excluding hydrogens is 469 g/mol. The number of ether oxygens (including phenoxy) is 1. The summed E-state index contributed by atoms with van der Waals surface area (Å²) in [6.07, 6.45) is 0. The first-order chi connectivity index (χ1) is 17.8. The molecule has 6 heteroatoms. The van der Waals surface area contributed by atoms with E-state index < -0.39 is 23.5 Å². The summed E-state index contributed by atoms with van der Waals surface area (Å²) < 4.78 is 19.9. The Kier molecular flexibility index (Phi) is 6.32. The van der Waals surface area contributed by atoms with Gasteiger partial charge in [0, 0.05) is 11.3 Å². The summed E-state index contributed by atoms with van der Waals surface area (Å²) in [5, 5.41) is 11.3. The van der Waals surface area contributed by atoms with Crippen molar-refractivity contribution in [3.63, 3.8) is 0 Å². The van der Waals surface area contributed by atoms with E-state index in [1.54, 1.807) is 43.3 Å². The van der Waals surface area contributed by atoms with Crippen LogP contribution in [-0.4, -0.2) is 16.8 Å². The van der Waals surface area contributed by atoms with E-state index in [1.165, 1.54) is 23.1 Å². The van der Waals surface area contributed by atoms with Crippen LogP contribution >= 0.6 is 0 Å². The Hall–Kier alpha value is -4.71. The number of ketones is 1. The van der Waals surface area contributed by atoms with Crippen LogP contribution in [0.4, 0.5) is 10.1 Å². The number of hydrogen-bond donors (Lipinski definition) is 1. The van der Waals surface area contributed by atoms with Crippen LogP contribution in [0.15, 0.2) is 103 Å². The van der Waals surface area contributed by atoms with Gasteiger partial charge in [-0.1, -0.05) is 42.5 Å². The second-order valence-electron chi connectivity index (χ2n) is 8.96. The Bertz CT molecular complexity index is 1540. The summed E-state index contributed by atoms with van der Waals surface area (Å²) in [4.78, 5) is 28.2. The van der Waals surface area contributed by atoms with E-state index >= 15 is 0 Å². The quantitative estimate of drug-likeness (QED) is 0.187. The number of aliphatic hydroxyl groups is 1. The van der Waals surface area contributed by atoms with E-state index in [9.17, 15) is 19.1 Å². The number of hydrogen-bond acceptors (Lipinski definition) is 4. The highest BCUT2D eigenvalue weighted by Crippen LogP contribution is 2.43. The van der Waals surface area contributed by atoms with Gasteiger partial charge in [-0.25, -0.2) is 4.39 Å². The van der Waals surface area contributed by atoms with Crippen LogP contribution in [-0.2, 0) is 9.59 Å². The molecule has 0 radical (unpaired) electrons. The van der Waals surface area contributed by atoms with Gasteiger partial charge in [0.05, 0.1) is 11.6 Å². The Morgan fingerprint density at radius 1 is 0.838 bits per heavy atom. The number of halogens is 1. The van der Waals surface area contributed by atoms with E-state index in [1.807, 2.05) is 49.4 Å². The SMILES string of the molecule is Cc1cccc(N2C(=O)C(=O)/C(=C(\O)c3ccc(F)c(C)c3)C2c2cccc(Oc3ccccc3)c2)c1. The van der Waals surface area contributed by atoms with Gasteiger partial charge in [0.15, 0.2) is 0 Å². The third kappa shape index (κ3) is 4.61. The van der Waals surface area contributed by atoms with Crippen molar-refractivity contribution in [2.75, 3.05) is 4.90 Å². The Labute approximate surface area is 214 Å². The Morgan fingerprint density at radius 2 is 1.57 bits per heavy atom. The summed E-state index contributed by atoms with van der Waals surface area (Å²) in [7, 11) is 0. The number of aryl methyl sites for hydroxylation is 2. The Balaban J connectivity index is 1.68. The van der Waals surface area contributed by atoms with Gasteiger partial charge in [0.25, 0.3) is 11.7 Å². The van der Waals surface area contributed by atoms with Gasteiger partial charge >= 0.3 is 0 Å². The van der Waals surface area contributed by atoms with Crippen molar-refractivity contribution in [1.29, 1.82) is 0 Å². The van der Waals surface area contributed by atoms with Gasteiger partial charge in [0.1, 0.15) is 23.1 Å². The number of anilines is 1.